The standard InChI is InChI=1S/C25H33N3O10S/c1-14-10-17(30)12-19(37-25-24(34)23(33)22(32)20(13-29)38-25)18(14)11-16-4-2-15(3-5-16)6-7-21(31)27-8-9-28-39(26,35)36/h2-7,10,12,20,22-25,28-30,32-34H,8-9,11,13H2,1H3,(H,27,31)(H2,26,35,36)/b7-6+/t20-,22-,23+,24-,25-/m1/s1. The number of hydrogen-bond donors (Lipinski definition) is 8. The minimum Gasteiger partial charge on any atom is -0.508 e. The zero-order chi connectivity index (χ0) is 28.7. The van der Waals surface area contributed by atoms with Crippen LogP contribution in [0.3, 0.4) is 0 Å². The molecule has 3 rings (SSSR count). The van der Waals surface area contributed by atoms with Gasteiger partial charge in [-0.3, -0.25) is 4.79 Å². The summed E-state index contributed by atoms with van der Waals surface area (Å²) >= 11 is 0. The molecule has 1 amide bonds. The monoisotopic (exact) mass is 567 g/mol. The molecule has 1 saturated heterocycles. The number of phenols is 1. The Labute approximate surface area is 225 Å². The van der Waals surface area contributed by atoms with E-state index in [9.17, 15) is 38.7 Å². The van der Waals surface area contributed by atoms with Gasteiger partial charge in [0.25, 0.3) is 10.2 Å². The van der Waals surface area contributed by atoms with Crippen molar-refractivity contribution >= 4 is 22.2 Å². The molecule has 39 heavy (non-hydrogen) atoms. The van der Waals surface area contributed by atoms with Crippen LogP contribution in [0.15, 0.2) is 42.5 Å². The van der Waals surface area contributed by atoms with Crippen LogP contribution in [-0.2, 0) is 26.2 Å². The van der Waals surface area contributed by atoms with Gasteiger partial charge >= 0.3 is 0 Å². The predicted molar refractivity (Wildman–Crippen MR) is 140 cm³/mol. The molecule has 2 aromatic carbocycles. The first-order valence-electron chi connectivity index (χ1n) is 12.0. The molecule has 1 aliphatic rings. The molecule has 5 atom stereocenters. The van der Waals surface area contributed by atoms with Gasteiger partial charge in [-0.1, -0.05) is 24.3 Å². The van der Waals surface area contributed by atoms with Gasteiger partial charge in [0.05, 0.1) is 6.61 Å². The average molecular weight is 568 g/mol. The van der Waals surface area contributed by atoms with E-state index in [1.807, 2.05) is 12.1 Å². The van der Waals surface area contributed by atoms with Gasteiger partial charge in [-0.2, -0.15) is 8.42 Å². The second-order valence-corrected chi connectivity index (χ2v) is 10.4. The topological polar surface area (TPSA) is 221 Å². The summed E-state index contributed by atoms with van der Waals surface area (Å²) < 4.78 is 34.9. The predicted octanol–water partition coefficient (Wildman–Crippen LogP) is -1.61. The largest absolute Gasteiger partial charge is 0.508 e. The van der Waals surface area contributed by atoms with E-state index < -0.39 is 53.4 Å². The summed E-state index contributed by atoms with van der Waals surface area (Å²) in [5.41, 5.74) is 2.95. The number of amides is 1. The Balaban J connectivity index is 1.67. The Kier molecular flexibility index (Phi) is 10.4. The molecule has 0 bridgehead atoms. The van der Waals surface area contributed by atoms with Crippen molar-refractivity contribution in [3.05, 3.63) is 64.7 Å². The van der Waals surface area contributed by atoms with E-state index in [2.05, 4.69) is 10.0 Å². The highest BCUT2D eigenvalue weighted by Crippen LogP contribution is 2.33. The Hall–Kier alpha value is -3.08. The van der Waals surface area contributed by atoms with Crippen molar-refractivity contribution in [1.82, 2.24) is 10.0 Å². The van der Waals surface area contributed by atoms with Gasteiger partial charge in [0.15, 0.2) is 0 Å². The molecule has 0 unspecified atom stereocenters. The number of aryl methyl sites for hydroxylation is 1. The van der Waals surface area contributed by atoms with Crippen LogP contribution >= 0.6 is 0 Å². The van der Waals surface area contributed by atoms with Crippen LogP contribution in [0, 0.1) is 6.92 Å². The molecule has 0 aliphatic carbocycles. The summed E-state index contributed by atoms with van der Waals surface area (Å²) in [4.78, 5) is 11.9. The fourth-order valence-electron chi connectivity index (χ4n) is 3.95. The summed E-state index contributed by atoms with van der Waals surface area (Å²) in [7, 11) is -3.81. The number of phenolic OH excluding ortho intramolecular Hbond substituents is 1. The van der Waals surface area contributed by atoms with Crippen LogP contribution in [-0.4, -0.2) is 90.3 Å². The lowest BCUT2D eigenvalue weighted by atomic mass is 9.97. The third-order valence-electron chi connectivity index (χ3n) is 6.02. The second-order valence-electron chi connectivity index (χ2n) is 9.04. The zero-order valence-electron chi connectivity index (χ0n) is 21.1. The first-order valence-corrected chi connectivity index (χ1v) is 13.5. The number of aromatic hydroxyl groups is 1. The SMILES string of the molecule is Cc1cc(O)cc(O[C@@H]2O[C@H](CO)[C@@H](O)[C@H](O)[C@H]2O)c1Cc1ccc(/C=C/C(=O)NCCNS(N)(=O)=O)cc1. The fraction of sp³-hybridized carbons (Fsp3) is 0.400. The lowest BCUT2D eigenvalue weighted by Crippen LogP contribution is -2.60. The van der Waals surface area contributed by atoms with Crippen molar-refractivity contribution in [2.45, 2.75) is 44.1 Å². The number of ether oxygens (including phenoxy) is 2. The van der Waals surface area contributed by atoms with Crippen LogP contribution in [0.25, 0.3) is 6.08 Å². The highest BCUT2D eigenvalue weighted by atomic mass is 32.2. The number of nitrogens with one attached hydrogen (secondary N) is 2. The fourth-order valence-corrected chi connectivity index (χ4v) is 4.34. The second kappa shape index (κ2) is 13.3. The van der Waals surface area contributed by atoms with Crippen molar-refractivity contribution in [1.29, 1.82) is 0 Å². The van der Waals surface area contributed by atoms with Gasteiger partial charge in [0.2, 0.25) is 12.2 Å². The van der Waals surface area contributed by atoms with Gasteiger partial charge in [0.1, 0.15) is 35.9 Å². The van der Waals surface area contributed by atoms with Crippen molar-refractivity contribution < 1.29 is 48.2 Å². The first kappa shape index (κ1) is 30.5. The van der Waals surface area contributed by atoms with Gasteiger partial charge < -0.3 is 40.3 Å². The van der Waals surface area contributed by atoms with E-state index in [1.54, 1.807) is 31.2 Å². The lowest BCUT2D eigenvalue weighted by molar-refractivity contribution is -0.277. The normalized spacial score (nSPS) is 23.6. The van der Waals surface area contributed by atoms with Crippen LogP contribution in [0.4, 0.5) is 0 Å². The quantitative estimate of drug-likeness (QED) is 0.115. The molecule has 1 heterocycles. The minimum absolute atomic E-state index is 0.0358. The number of nitrogens with two attached hydrogens (primary N) is 1. The van der Waals surface area contributed by atoms with Crippen molar-refractivity contribution in [3.63, 3.8) is 0 Å². The summed E-state index contributed by atoms with van der Waals surface area (Å²) in [6, 6.07) is 10.1. The molecule has 14 heteroatoms. The molecular weight excluding hydrogens is 534 g/mol. The minimum atomic E-state index is -3.81. The molecule has 9 N–H and O–H groups in total. The number of benzene rings is 2. The number of rotatable bonds is 11. The Morgan fingerprint density at radius 2 is 1.79 bits per heavy atom. The molecule has 0 saturated carbocycles. The molecule has 0 aromatic heterocycles. The van der Waals surface area contributed by atoms with Gasteiger partial charge in [-0.05, 0) is 35.8 Å². The smallest absolute Gasteiger partial charge is 0.274 e. The van der Waals surface area contributed by atoms with Crippen LogP contribution < -0.4 is 19.9 Å². The van der Waals surface area contributed by atoms with Gasteiger partial charge in [-0.15, -0.1) is 0 Å². The van der Waals surface area contributed by atoms with Crippen molar-refractivity contribution in [2.75, 3.05) is 19.7 Å². The molecule has 0 spiro atoms. The van der Waals surface area contributed by atoms with E-state index in [0.717, 1.165) is 11.1 Å². The Bertz CT molecular complexity index is 1270. The number of hydrogen-bond acceptors (Lipinski definition) is 10. The molecular formula is C25H33N3O10S. The Morgan fingerprint density at radius 3 is 2.44 bits per heavy atom. The van der Waals surface area contributed by atoms with E-state index in [0.29, 0.717) is 17.5 Å². The number of carbonyl (C=O) groups is 1. The van der Waals surface area contributed by atoms with E-state index in [-0.39, 0.29) is 24.6 Å². The van der Waals surface area contributed by atoms with Crippen LogP contribution in [0.1, 0.15) is 22.3 Å². The third-order valence-corrected chi connectivity index (χ3v) is 6.63. The number of aliphatic hydroxyl groups excluding tert-OH is 4. The molecule has 2 aromatic rings. The summed E-state index contributed by atoms with van der Waals surface area (Å²) in [5, 5.41) is 57.3. The molecule has 214 valence electrons. The lowest BCUT2D eigenvalue weighted by Gasteiger charge is -2.39. The van der Waals surface area contributed by atoms with Crippen molar-refractivity contribution in [2.24, 2.45) is 5.14 Å². The maximum absolute atomic E-state index is 11.9. The zero-order valence-corrected chi connectivity index (χ0v) is 21.9. The first-order chi connectivity index (χ1) is 18.4. The average Bonchev–Trinajstić information content (AvgIpc) is 2.87. The van der Waals surface area contributed by atoms with E-state index in [1.165, 1.54) is 12.1 Å². The molecule has 1 fully saturated rings. The van der Waals surface area contributed by atoms with Gasteiger partial charge in [0, 0.05) is 37.2 Å². The van der Waals surface area contributed by atoms with Crippen molar-refractivity contribution in [3.8, 4) is 11.5 Å². The maximum atomic E-state index is 11.9. The van der Waals surface area contributed by atoms with Crippen LogP contribution in [0.2, 0.25) is 0 Å². The number of aliphatic hydroxyl groups is 4. The van der Waals surface area contributed by atoms with E-state index >= 15 is 0 Å². The molecule has 13 nitrogen and oxygen atoms in total. The highest BCUT2D eigenvalue weighted by molar-refractivity contribution is 7.87. The summed E-state index contributed by atoms with van der Waals surface area (Å²) in [6.45, 7) is 1.20. The third kappa shape index (κ3) is 8.71. The van der Waals surface area contributed by atoms with Crippen LogP contribution in [0.5, 0.6) is 11.5 Å². The summed E-state index contributed by atoms with van der Waals surface area (Å²) in [6.07, 6.45) is -4.03. The Morgan fingerprint density at radius 1 is 1.10 bits per heavy atom. The van der Waals surface area contributed by atoms with E-state index in [4.69, 9.17) is 14.6 Å². The number of carbonyl (C=O) groups excluding carboxylic acids is 1. The maximum Gasteiger partial charge on any atom is 0.274 e. The summed E-state index contributed by atoms with van der Waals surface area (Å²) in [5.74, 6) is -0.311. The highest BCUT2D eigenvalue weighted by Gasteiger charge is 2.45. The molecule has 0 radical (unpaired) electrons. The van der Waals surface area contributed by atoms with Gasteiger partial charge in [-0.25, -0.2) is 9.86 Å². The molecule has 1 aliphatic heterocycles.